The van der Waals surface area contributed by atoms with Crippen molar-refractivity contribution in [2.24, 2.45) is 0 Å². The highest BCUT2D eigenvalue weighted by Gasteiger charge is 2.16. The summed E-state index contributed by atoms with van der Waals surface area (Å²) in [6, 6.07) is 15.7. The maximum Gasteiger partial charge on any atom is 0.319 e. The highest BCUT2D eigenvalue weighted by Crippen LogP contribution is 2.28. The van der Waals surface area contributed by atoms with Crippen molar-refractivity contribution in [2.75, 3.05) is 18.5 Å². The summed E-state index contributed by atoms with van der Waals surface area (Å²) < 4.78 is 10.8. The number of ether oxygens (including phenoxy) is 1. The van der Waals surface area contributed by atoms with Gasteiger partial charge in [0.1, 0.15) is 5.58 Å². The molecule has 1 saturated heterocycles. The fourth-order valence-electron chi connectivity index (χ4n) is 3.38. The fourth-order valence-corrected chi connectivity index (χ4v) is 3.38. The molecule has 1 aliphatic heterocycles. The lowest BCUT2D eigenvalue weighted by Gasteiger charge is -2.22. The predicted octanol–water partition coefficient (Wildman–Crippen LogP) is 4.65. The number of nitrogens with one attached hydrogen (secondary N) is 2. The number of urea groups is 1. The van der Waals surface area contributed by atoms with Crippen LogP contribution in [-0.4, -0.2) is 19.2 Å². The van der Waals surface area contributed by atoms with Gasteiger partial charge in [-0.15, -0.1) is 0 Å². The third-order valence-electron chi connectivity index (χ3n) is 4.81. The van der Waals surface area contributed by atoms with Gasteiger partial charge in [-0.1, -0.05) is 18.2 Å². The van der Waals surface area contributed by atoms with Crippen molar-refractivity contribution in [2.45, 2.75) is 25.3 Å². The van der Waals surface area contributed by atoms with Crippen LogP contribution < -0.4 is 10.6 Å². The summed E-state index contributed by atoms with van der Waals surface area (Å²) in [4.78, 5) is 12.2. The molecular weight excluding hydrogens is 328 g/mol. The number of rotatable bonds is 4. The van der Waals surface area contributed by atoms with E-state index in [0.29, 0.717) is 12.5 Å². The van der Waals surface area contributed by atoms with E-state index < -0.39 is 0 Å². The summed E-state index contributed by atoms with van der Waals surface area (Å²) in [6.07, 6.45) is 3.73. The van der Waals surface area contributed by atoms with Gasteiger partial charge in [0.15, 0.2) is 0 Å². The summed E-state index contributed by atoms with van der Waals surface area (Å²) in [5, 5.41) is 6.86. The Hall–Kier alpha value is -2.79. The Morgan fingerprint density at radius 1 is 1.08 bits per heavy atom. The molecule has 2 N–H and O–H groups in total. The molecule has 5 nitrogen and oxygen atoms in total. The normalized spacial score (nSPS) is 15.1. The van der Waals surface area contributed by atoms with Crippen LogP contribution in [0.2, 0.25) is 0 Å². The monoisotopic (exact) mass is 350 g/mol. The largest absolute Gasteiger partial charge is 0.464 e. The molecule has 0 aliphatic carbocycles. The van der Waals surface area contributed by atoms with E-state index in [1.54, 1.807) is 6.26 Å². The minimum Gasteiger partial charge on any atom is -0.464 e. The zero-order valence-corrected chi connectivity index (χ0v) is 14.5. The number of anilines is 1. The fraction of sp³-hybridized carbons (Fsp3) is 0.286. The summed E-state index contributed by atoms with van der Waals surface area (Å²) in [5.74, 6) is 0.509. The first-order valence-electron chi connectivity index (χ1n) is 8.96. The van der Waals surface area contributed by atoms with E-state index in [1.807, 2.05) is 36.4 Å². The Morgan fingerprint density at radius 3 is 2.85 bits per heavy atom. The van der Waals surface area contributed by atoms with Crippen molar-refractivity contribution in [3.8, 4) is 0 Å². The Balaban J connectivity index is 1.35. The van der Waals surface area contributed by atoms with Crippen LogP contribution in [0, 0.1) is 0 Å². The minimum atomic E-state index is -0.207. The molecule has 134 valence electrons. The van der Waals surface area contributed by atoms with Gasteiger partial charge in [-0.2, -0.15) is 0 Å². The molecule has 0 spiro atoms. The number of carbonyl (C=O) groups is 1. The highest BCUT2D eigenvalue weighted by atomic mass is 16.5. The van der Waals surface area contributed by atoms with Crippen molar-refractivity contribution in [1.82, 2.24) is 5.32 Å². The van der Waals surface area contributed by atoms with Crippen LogP contribution in [0.5, 0.6) is 0 Å². The van der Waals surface area contributed by atoms with Gasteiger partial charge in [0, 0.05) is 30.8 Å². The highest BCUT2D eigenvalue weighted by molar-refractivity contribution is 5.89. The van der Waals surface area contributed by atoms with Crippen LogP contribution in [0.25, 0.3) is 11.0 Å². The Labute approximate surface area is 152 Å². The van der Waals surface area contributed by atoms with Gasteiger partial charge in [0.05, 0.1) is 6.26 Å². The molecule has 0 bridgehead atoms. The molecule has 0 saturated carbocycles. The van der Waals surface area contributed by atoms with Crippen LogP contribution in [-0.2, 0) is 11.3 Å². The second-order valence-electron chi connectivity index (χ2n) is 6.61. The summed E-state index contributed by atoms with van der Waals surface area (Å²) >= 11 is 0. The molecule has 26 heavy (non-hydrogen) atoms. The zero-order valence-electron chi connectivity index (χ0n) is 14.5. The van der Waals surface area contributed by atoms with Gasteiger partial charge in [-0.25, -0.2) is 4.79 Å². The summed E-state index contributed by atoms with van der Waals surface area (Å²) in [6.45, 7) is 2.08. The topological polar surface area (TPSA) is 63.5 Å². The number of amides is 2. The zero-order chi connectivity index (χ0) is 17.8. The maximum absolute atomic E-state index is 12.2. The minimum absolute atomic E-state index is 0.207. The Bertz CT molecular complexity index is 897. The molecule has 1 aliphatic rings. The van der Waals surface area contributed by atoms with Crippen molar-refractivity contribution in [1.29, 1.82) is 0 Å². The molecule has 1 aromatic heterocycles. The first kappa shape index (κ1) is 16.7. The van der Waals surface area contributed by atoms with Crippen LogP contribution >= 0.6 is 0 Å². The number of benzene rings is 2. The number of fused-ring (bicyclic) bond motifs is 1. The first-order chi connectivity index (χ1) is 12.8. The standard InChI is InChI=1S/C21H22N2O3/c24-21(22-14-15-4-5-20-18(12-15)8-11-26-20)23-19-3-1-2-17(13-19)16-6-9-25-10-7-16/h1-5,8,11-13,16H,6-7,9-10,14H2,(H2,22,23,24). The van der Waals surface area contributed by atoms with Crippen LogP contribution in [0.4, 0.5) is 10.5 Å². The second-order valence-corrected chi connectivity index (χ2v) is 6.61. The van der Waals surface area contributed by atoms with E-state index in [0.717, 1.165) is 48.3 Å². The van der Waals surface area contributed by atoms with E-state index in [-0.39, 0.29) is 6.03 Å². The average molecular weight is 350 g/mol. The molecule has 2 amide bonds. The van der Waals surface area contributed by atoms with Crippen molar-refractivity contribution in [3.63, 3.8) is 0 Å². The van der Waals surface area contributed by atoms with Gasteiger partial charge in [0.2, 0.25) is 0 Å². The third-order valence-corrected chi connectivity index (χ3v) is 4.81. The second kappa shape index (κ2) is 7.62. The van der Waals surface area contributed by atoms with Crippen molar-refractivity contribution < 1.29 is 13.9 Å². The molecule has 2 aromatic carbocycles. The molecule has 5 heteroatoms. The van der Waals surface area contributed by atoms with E-state index in [1.165, 1.54) is 5.56 Å². The van der Waals surface area contributed by atoms with E-state index >= 15 is 0 Å². The van der Waals surface area contributed by atoms with Gasteiger partial charge >= 0.3 is 6.03 Å². The molecule has 4 rings (SSSR count). The molecular formula is C21H22N2O3. The summed E-state index contributed by atoms with van der Waals surface area (Å²) in [7, 11) is 0. The van der Waals surface area contributed by atoms with Crippen molar-refractivity contribution in [3.05, 3.63) is 65.9 Å². The van der Waals surface area contributed by atoms with Gasteiger partial charge in [-0.05, 0) is 60.2 Å². The molecule has 3 aromatic rings. The quantitative estimate of drug-likeness (QED) is 0.720. The van der Waals surface area contributed by atoms with Crippen LogP contribution in [0.1, 0.15) is 29.9 Å². The van der Waals surface area contributed by atoms with Crippen molar-refractivity contribution >= 4 is 22.7 Å². The molecule has 1 fully saturated rings. The number of hydrogen-bond donors (Lipinski definition) is 2. The Kier molecular flexibility index (Phi) is 4.88. The lowest BCUT2D eigenvalue weighted by atomic mass is 9.91. The summed E-state index contributed by atoms with van der Waals surface area (Å²) in [5.41, 5.74) is 3.96. The van der Waals surface area contributed by atoms with Crippen LogP contribution in [0.3, 0.4) is 0 Å². The van der Waals surface area contributed by atoms with E-state index in [4.69, 9.17) is 9.15 Å². The molecule has 0 atom stereocenters. The molecule has 0 unspecified atom stereocenters. The average Bonchev–Trinajstić information content (AvgIpc) is 3.15. The number of carbonyl (C=O) groups excluding carboxylic acids is 1. The lowest BCUT2D eigenvalue weighted by Crippen LogP contribution is -2.28. The van der Waals surface area contributed by atoms with Gasteiger partial charge < -0.3 is 19.8 Å². The van der Waals surface area contributed by atoms with Gasteiger partial charge in [-0.3, -0.25) is 0 Å². The number of furan rings is 1. The van der Waals surface area contributed by atoms with E-state index in [9.17, 15) is 4.79 Å². The molecule has 2 heterocycles. The lowest BCUT2D eigenvalue weighted by molar-refractivity contribution is 0.0853. The third kappa shape index (κ3) is 3.89. The SMILES string of the molecule is O=C(NCc1ccc2occc2c1)Nc1cccc(C2CCOCC2)c1. The smallest absolute Gasteiger partial charge is 0.319 e. The predicted molar refractivity (Wildman–Crippen MR) is 101 cm³/mol. The Morgan fingerprint density at radius 2 is 1.96 bits per heavy atom. The van der Waals surface area contributed by atoms with Gasteiger partial charge in [0.25, 0.3) is 0 Å². The van der Waals surface area contributed by atoms with Crippen LogP contribution in [0.15, 0.2) is 59.2 Å². The number of hydrogen-bond acceptors (Lipinski definition) is 3. The van der Waals surface area contributed by atoms with E-state index in [2.05, 4.69) is 22.8 Å². The molecule has 0 radical (unpaired) electrons. The first-order valence-corrected chi connectivity index (χ1v) is 8.96. The maximum atomic E-state index is 12.2.